The van der Waals surface area contributed by atoms with Crippen molar-refractivity contribution < 1.29 is 19.1 Å². The van der Waals surface area contributed by atoms with Crippen LogP contribution in [0.4, 0.5) is 0 Å². The smallest absolute Gasteiger partial charge is 0.256 e. The van der Waals surface area contributed by atoms with E-state index in [1.807, 2.05) is 24.3 Å². The van der Waals surface area contributed by atoms with E-state index in [1.54, 1.807) is 41.2 Å². The second-order valence-corrected chi connectivity index (χ2v) is 8.80. The van der Waals surface area contributed by atoms with Gasteiger partial charge < -0.3 is 19.9 Å². The summed E-state index contributed by atoms with van der Waals surface area (Å²) in [5, 5.41) is 3.32. The Balaban J connectivity index is 1.42. The SMILES string of the molecule is COc1cccc(CNC(=O)[C@H]2CCCN2C(=O)[C@H]2CCCN2C(=O)c2ccccc2Cl)c1. The van der Waals surface area contributed by atoms with Gasteiger partial charge in [0, 0.05) is 19.6 Å². The van der Waals surface area contributed by atoms with E-state index in [4.69, 9.17) is 16.3 Å². The number of carbonyl (C=O) groups is 3. The molecule has 2 heterocycles. The maximum Gasteiger partial charge on any atom is 0.256 e. The highest BCUT2D eigenvalue weighted by Crippen LogP contribution is 2.28. The number of nitrogens with zero attached hydrogens (tertiary/aromatic N) is 2. The number of methoxy groups -OCH3 is 1. The first-order valence-electron chi connectivity index (χ1n) is 11.3. The topological polar surface area (TPSA) is 79.0 Å². The minimum atomic E-state index is -0.569. The summed E-state index contributed by atoms with van der Waals surface area (Å²) >= 11 is 6.22. The Morgan fingerprint density at radius 3 is 2.48 bits per heavy atom. The third kappa shape index (κ3) is 4.98. The van der Waals surface area contributed by atoms with Crippen LogP contribution in [0.2, 0.25) is 5.02 Å². The largest absolute Gasteiger partial charge is 0.497 e. The van der Waals surface area contributed by atoms with Crippen molar-refractivity contribution in [3.8, 4) is 5.75 Å². The monoisotopic (exact) mass is 469 g/mol. The molecule has 2 aromatic carbocycles. The van der Waals surface area contributed by atoms with E-state index in [-0.39, 0.29) is 17.7 Å². The first-order chi connectivity index (χ1) is 16.0. The summed E-state index contributed by atoms with van der Waals surface area (Å²) in [5.74, 6) is 0.149. The van der Waals surface area contributed by atoms with Gasteiger partial charge in [-0.25, -0.2) is 0 Å². The Bertz CT molecular complexity index is 1040. The molecule has 2 saturated heterocycles. The molecule has 0 saturated carbocycles. The summed E-state index contributed by atoms with van der Waals surface area (Å²) in [6.45, 7) is 1.37. The zero-order valence-electron chi connectivity index (χ0n) is 18.6. The third-order valence-corrected chi connectivity index (χ3v) is 6.67. The number of hydrogen-bond donors (Lipinski definition) is 1. The van der Waals surface area contributed by atoms with Gasteiger partial charge in [0.15, 0.2) is 0 Å². The highest BCUT2D eigenvalue weighted by Gasteiger charge is 2.42. The van der Waals surface area contributed by atoms with Crippen LogP contribution in [0.15, 0.2) is 48.5 Å². The summed E-state index contributed by atoms with van der Waals surface area (Å²) < 4.78 is 5.23. The number of benzene rings is 2. The predicted molar refractivity (Wildman–Crippen MR) is 125 cm³/mol. The summed E-state index contributed by atoms with van der Waals surface area (Å²) in [4.78, 5) is 42.8. The van der Waals surface area contributed by atoms with Crippen molar-refractivity contribution in [1.82, 2.24) is 15.1 Å². The lowest BCUT2D eigenvalue weighted by atomic mass is 10.1. The van der Waals surface area contributed by atoms with Crippen LogP contribution in [0.3, 0.4) is 0 Å². The maximum atomic E-state index is 13.5. The molecule has 2 atom stereocenters. The van der Waals surface area contributed by atoms with Crippen molar-refractivity contribution in [2.75, 3.05) is 20.2 Å². The van der Waals surface area contributed by atoms with Gasteiger partial charge in [-0.3, -0.25) is 14.4 Å². The molecule has 0 radical (unpaired) electrons. The minimum Gasteiger partial charge on any atom is -0.497 e. The molecule has 2 fully saturated rings. The lowest BCUT2D eigenvalue weighted by Gasteiger charge is -2.31. The summed E-state index contributed by atoms with van der Waals surface area (Å²) in [6.07, 6.45) is 2.70. The molecule has 2 aromatic rings. The number of ether oxygens (including phenoxy) is 1. The van der Waals surface area contributed by atoms with Crippen molar-refractivity contribution in [3.63, 3.8) is 0 Å². The number of amides is 3. The lowest BCUT2D eigenvalue weighted by Crippen LogP contribution is -2.52. The van der Waals surface area contributed by atoms with Crippen molar-refractivity contribution >= 4 is 29.3 Å². The van der Waals surface area contributed by atoms with Gasteiger partial charge in [-0.1, -0.05) is 35.9 Å². The molecule has 3 amide bonds. The molecule has 174 valence electrons. The minimum absolute atomic E-state index is 0.160. The van der Waals surface area contributed by atoms with Gasteiger partial charge in [0.1, 0.15) is 17.8 Å². The van der Waals surface area contributed by atoms with E-state index in [1.165, 1.54) is 0 Å². The van der Waals surface area contributed by atoms with Crippen LogP contribution in [0.25, 0.3) is 0 Å². The van der Waals surface area contributed by atoms with Crippen LogP contribution in [0.5, 0.6) is 5.75 Å². The van der Waals surface area contributed by atoms with Gasteiger partial charge in [0.25, 0.3) is 5.91 Å². The second-order valence-electron chi connectivity index (χ2n) is 8.40. The Morgan fingerprint density at radius 1 is 1.00 bits per heavy atom. The van der Waals surface area contributed by atoms with Crippen molar-refractivity contribution in [3.05, 3.63) is 64.7 Å². The molecule has 0 aliphatic carbocycles. The average Bonchev–Trinajstić information content (AvgIpc) is 3.52. The molecule has 0 bridgehead atoms. The van der Waals surface area contributed by atoms with E-state index >= 15 is 0 Å². The van der Waals surface area contributed by atoms with Gasteiger partial charge in [0.05, 0.1) is 17.7 Å². The number of nitrogens with one attached hydrogen (secondary N) is 1. The molecule has 1 N–H and O–H groups in total. The van der Waals surface area contributed by atoms with Crippen molar-refractivity contribution in [2.45, 2.75) is 44.3 Å². The molecule has 8 heteroatoms. The summed E-state index contributed by atoms with van der Waals surface area (Å²) in [6, 6.07) is 13.3. The molecule has 7 nitrogen and oxygen atoms in total. The molecule has 0 aromatic heterocycles. The number of rotatable bonds is 6. The molecule has 0 unspecified atom stereocenters. The highest BCUT2D eigenvalue weighted by atomic mass is 35.5. The maximum absolute atomic E-state index is 13.5. The number of halogens is 1. The van der Waals surface area contributed by atoms with Crippen LogP contribution in [-0.4, -0.2) is 59.8 Å². The van der Waals surface area contributed by atoms with Gasteiger partial charge in [-0.05, 0) is 55.5 Å². The molecular weight excluding hydrogens is 442 g/mol. The average molecular weight is 470 g/mol. The lowest BCUT2D eigenvalue weighted by molar-refractivity contribution is -0.141. The summed E-state index contributed by atoms with van der Waals surface area (Å²) in [7, 11) is 1.60. The Hall–Kier alpha value is -3.06. The van der Waals surface area contributed by atoms with Crippen molar-refractivity contribution in [1.29, 1.82) is 0 Å². The number of likely N-dealkylation sites (tertiary alicyclic amines) is 2. The first-order valence-corrected chi connectivity index (χ1v) is 11.6. The zero-order chi connectivity index (χ0) is 23.4. The molecule has 2 aliphatic rings. The van der Waals surface area contributed by atoms with Crippen LogP contribution >= 0.6 is 11.6 Å². The molecule has 33 heavy (non-hydrogen) atoms. The van der Waals surface area contributed by atoms with E-state index in [9.17, 15) is 14.4 Å². The molecule has 2 aliphatic heterocycles. The quantitative estimate of drug-likeness (QED) is 0.704. The number of hydrogen-bond acceptors (Lipinski definition) is 4. The standard InChI is InChI=1S/C25H28ClN3O4/c1-33-18-8-4-7-17(15-18)16-27-23(30)21-11-5-13-28(21)25(32)22-12-6-14-29(22)24(31)19-9-2-3-10-20(19)26/h2-4,7-10,15,21-22H,5-6,11-14,16H2,1H3,(H,27,30)/t21-,22-/m1/s1. The van der Waals surface area contributed by atoms with Gasteiger partial charge >= 0.3 is 0 Å². The Kier molecular flexibility index (Phi) is 7.18. The first kappa shape index (κ1) is 23.1. The van der Waals surface area contributed by atoms with Crippen LogP contribution in [-0.2, 0) is 16.1 Å². The van der Waals surface area contributed by atoms with Gasteiger partial charge in [-0.2, -0.15) is 0 Å². The predicted octanol–water partition coefficient (Wildman–Crippen LogP) is 3.26. The Labute approximate surface area is 198 Å². The van der Waals surface area contributed by atoms with E-state index in [0.717, 1.165) is 24.2 Å². The Morgan fingerprint density at radius 2 is 1.73 bits per heavy atom. The van der Waals surface area contributed by atoms with Crippen LogP contribution in [0, 0.1) is 0 Å². The van der Waals surface area contributed by atoms with Crippen LogP contribution in [0.1, 0.15) is 41.6 Å². The molecule has 4 rings (SSSR count). The molecule has 0 spiro atoms. The van der Waals surface area contributed by atoms with E-state index in [0.29, 0.717) is 43.1 Å². The summed E-state index contributed by atoms with van der Waals surface area (Å²) in [5.41, 5.74) is 1.32. The fourth-order valence-electron chi connectivity index (χ4n) is 4.64. The normalized spacial score (nSPS) is 20.1. The third-order valence-electron chi connectivity index (χ3n) is 6.34. The van der Waals surface area contributed by atoms with E-state index < -0.39 is 12.1 Å². The van der Waals surface area contributed by atoms with Crippen LogP contribution < -0.4 is 10.1 Å². The van der Waals surface area contributed by atoms with Crippen molar-refractivity contribution in [2.24, 2.45) is 0 Å². The van der Waals surface area contributed by atoms with E-state index in [2.05, 4.69) is 5.32 Å². The highest BCUT2D eigenvalue weighted by molar-refractivity contribution is 6.33. The van der Waals surface area contributed by atoms with Gasteiger partial charge in [0.2, 0.25) is 11.8 Å². The fourth-order valence-corrected chi connectivity index (χ4v) is 4.86. The number of carbonyl (C=O) groups excluding carboxylic acids is 3. The fraction of sp³-hybridized carbons (Fsp3) is 0.400. The second kappa shape index (κ2) is 10.3. The zero-order valence-corrected chi connectivity index (χ0v) is 19.4. The molecular formula is C25H28ClN3O4. The van der Waals surface area contributed by atoms with Gasteiger partial charge in [-0.15, -0.1) is 0 Å².